The fraction of sp³-hybridized carbons (Fsp3) is 0.0476. The van der Waals surface area contributed by atoms with Crippen LogP contribution in [0.25, 0.3) is 11.1 Å². The van der Waals surface area contributed by atoms with Crippen LogP contribution in [0.5, 0.6) is 0 Å². The first-order valence-electron chi connectivity index (χ1n) is 7.96. The third-order valence-corrected chi connectivity index (χ3v) is 3.80. The Balaban J connectivity index is 1.74. The number of hydrogen-bond donors (Lipinski definition) is 2. The second-order valence-electron chi connectivity index (χ2n) is 5.59. The van der Waals surface area contributed by atoms with Crippen LogP contribution in [-0.4, -0.2) is 6.21 Å². The summed E-state index contributed by atoms with van der Waals surface area (Å²) in [6.07, 6.45) is 1.32. The summed E-state index contributed by atoms with van der Waals surface area (Å²) in [7, 11) is 0. The van der Waals surface area contributed by atoms with Crippen LogP contribution in [0.1, 0.15) is 22.9 Å². The Kier molecular flexibility index (Phi) is 5.20. The smallest absolute Gasteiger partial charge is 0.117 e. The second kappa shape index (κ2) is 7.91. The van der Waals surface area contributed by atoms with Crippen molar-refractivity contribution in [2.75, 3.05) is 0 Å². The van der Waals surface area contributed by atoms with Gasteiger partial charge < -0.3 is 5.73 Å². The van der Waals surface area contributed by atoms with Crippen molar-refractivity contribution >= 4 is 6.21 Å². The summed E-state index contributed by atoms with van der Waals surface area (Å²) in [6, 6.07) is 27.4. The van der Waals surface area contributed by atoms with Gasteiger partial charge in [-0.2, -0.15) is 10.4 Å². The topological polar surface area (TPSA) is 74.2 Å². The molecule has 4 heteroatoms. The van der Waals surface area contributed by atoms with Gasteiger partial charge in [0.2, 0.25) is 0 Å². The quantitative estimate of drug-likeness (QED) is 0.425. The number of nitrogens with zero attached hydrogens (tertiary/aromatic N) is 2. The highest BCUT2D eigenvalue weighted by Gasteiger charge is 2.06. The lowest BCUT2D eigenvalue weighted by Crippen LogP contribution is -2.24. The molecule has 0 saturated carbocycles. The van der Waals surface area contributed by atoms with E-state index in [0.29, 0.717) is 5.56 Å². The molecule has 0 heterocycles. The maximum Gasteiger partial charge on any atom is 0.117 e. The van der Waals surface area contributed by atoms with Crippen molar-refractivity contribution in [2.45, 2.75) is 6.17 Å². The van der Waals surface area contributed by atoms with Crippen molar-refractivity contribution in [3.8, 4) is 17.2 Å². The highest BCUT2D eigenvalue weighted by Crippen LogP contribution is 2.23. The molecule has 4 nitrogen and oxygen atoms in total. The van der Waals surface area contributed by atoms with Gasteiger partial charge in [-0.15, -0.1) is 0 Å². The molecular formula is C21H18N4. The molecule has 0 fully saturated rings. The Hall–Kier alpha value is -3.42. The van der Waals surface area contributed by atoms with Gasteiger partial charge in [0.05, 0.1) is 17.8 Å². The lowest BCUT2D eigenvalue weighted by molar-refractivity contribution is 0.582. The molecule has 0 spiro atoms. The van der Waals surface area contributed by atoms with Gasteiger partial charge >= 0.3 is 0 Å². The van der Waals surface area contributed by atoms with Crippen LogP contribution in [-0.2, 0) is 0 Å². The van der Waals surface area contributed by atoms with Crippen LogP contribution >= 0.6 is 0 Å². The second-order valence-corrected chi connectivity index (χ2v) is 5.59. The molecule has 122 valence electrons. The zero-order valence-electron chi connectivity index (χ0n) is 13.6. The minimum atomic E-state index is -0.418. The molecule has 0 aromatic heterocycles. The Morgan fingerprint density at radius 1 is 0.920 bits per heavy atom. The number of hydrogen-bond acceptors (Lipinski definition) is 4. The van der Waals surface area contributed by atoms with E-state index in [2.05, 4.69) is 16.6 Å². The Morgan fingerprint density at radius 3 is 2.40 bits per heavy atom. The van der Waals surface area contributed by atoms with Gasteiger partial charge in [0.1, 0.15) is 6.17 Å². The fourth-order valence-electron chi connectivity index (χ4n) is 2.49. The first kappa shape index (κ1) is 16.4. The maximum atomic E-state index is 9.05. The summed E-state index contributed by atoms with van der Waals surface area (Å²) in [5, 5.41) is 13.3. The van der Waals surface area contributed by atoms with E-state index in [4.69, 9.17) is 11.0 Å². The third-order valence-electron chi connectivity index (χ3n) is 3.80. The van der Waals surface area contributed by atoms with Crippen molar-refractivity contribution in [3.63, 3.8) is 0 Å². The van der Waals surface area contributed by atoms with Gasteiger partial charge in [-0.1, -0.05) is 60.7 Å². The molecule has 0 aliphatic rings. The number of nitrogens with one attached hydrogen (secondary N) is 1. The van der Waals surface area contributed by atoms with Gasteiger partial charge in [-0.3, -0.25) is 5.43 Å². The number of benzene rings is 3. The molecule has 0 bridgehead atoms. The van der Waals surface area contributed by atoms with E-state index >= 15 is 0 Å². The molecule has 3 N–H and O–H groups in total. The summed E-state index contributed by atoms with van der Waals surface area (Å²) in [4.78, 5) is 0. The highest BCUT2D eigenvalue weighted by atomic mass is 15.3. The summed E-state index contributed by atoms with van der Waals surface area (Å²) in [5.74, 6) is 0. The minimum Gasteiger partial charge on any atom is -0.306 e. The molecule has 0 amide bonds. The average molecular weight is 326 g/mol. The van der Waals surface area contributed by atoms with E-state index in [9.17, 15) is 0 Å². The Labute approximate surface area is 147 Å². The molecule has 0 aliphatic carbocycles. The molecule has 0 saturated heterocycles. The summed E-state index contributed by atoms with van der Waals surface area (Å²) in [5.41, 5.74) is 13.7. The predicted octanol–water partition coefficient (Wildman–Crippen LogP) is 3.81. The van der Waals surface area contributed by atoms with Gasteiger partial charge in [0, 0.05) is 0 Å². The number of rotatable bonds is 5. The van der Waals surface area contributed by atoms with Crippen molar-refractivity contribution < 1.29 is 0 Å². The summed E-state index contributed by atoms with van der Waals surface area (Å²) < 4.78 is 0. The summed E-state index contributed by atoms with van der Waals surface area (Å²) in [6.45, 7) is 0. The van der Waals surface area contributed by atoms with Gasteiger partial charge in [-0.25, -0.2) is 0 Å². The van der Waals surface area contributed by atoms with E-state index in [1.165, 1.54) is 0 Å². The number of nitrogens with two attached hydrogens (primary N) is 1. The molecule has 1 atom stereocenters. The van der Waals surface area contributed by atoms with Crippen molar-refractivity contribution in [1.29, 1.82) is 5.26 Å². The third kappa shape index (κ3) is 4.31. The molecule has 3 rings (SSSR count). The van der Waals surface area contributed by atoms with Crippen molar-refractivity contribution in [3.05, 3.63) is 95.6 Å². The minimum absolute atomic E-state index is 0.418. The first-order chi connectivity index (χ1) is 12.3. The van der Waals surface area contributed by atoms with E-state index in [1.54, 1.807) is 12.3 Å². The molecule has 3 aromatic carbocycles. The van der Waals surface area contributed by atoms with E-state index in [0.717, 1.165) is 22.3 Å². The van der Waals surface area contributed by atoms with E-state index < -0.39 is 6.17 Å². The monoisotopic (exact) mass is 326 g/mol. The SMILES string of the molecule is N#Cc1cccc(-c2cccc(C(N)N/N=C/c3ccccc3)c2)c1. The highest BCUT2D eigenvalue weighted by molar-refractivity contribution is 5.79. The largest absolute Gasteiger partial charge is 0.306 e. The molecular weight excluding hydrogens is 308 g/mol. The Bertz CT molecular complexity index is 910. The van der Waals surface area contributed by atoms with Crippen LogP contribution < -0.4 is 11.2 Å². The maximum absolute atomic E-state index is 9.05. The van der Waals surface area contributed by atoms with E-state index in [-0.39, 0.29) is 0 Å². The molecule has 3 aromatic rings. The lowest BCUT2D eigenvalue weighted by Gasteiger charge is -2.13. The van der Waals surface area contributed by atoms with Gasteiger partial charge in [0.15, 0.2) is 0 Å². The van der Waals surface area contributed by atoms with Crippen molar-refractivity contribution in [1.82, 2.24) is 5.43 Å². The van der Waals surface area contributed by atoms with Crippen LogP contribution in [0.15, 0.2) is 84.0 Å². The van der Waals surface area contributed by atoms with Gasteiger partial charge in [0.25, 0.3) is 0 Å². The van der Waals surface area contributed by atoms with Gasteiger partial charge in [-0.05, 0) is 40.5 Å². The molecule has 1 unspecified atom stereocenters. The van der Waals surface area contributed by atoms with Crippen molar-refractivity contribution in [2.24, 2.45) is 10.8 Å². The van der Waals surface area contributed by atoms with Crippen LogP contribution in [0.2, 0.25) is 0 Å². The zero-order valence-corrected chi connectivity index (χ0v) is 13.6. The van der Waals surface area contributed by atoms with E-state index in [1.807, 2.05) is 72.8 Å². The van der Waals surface area contributed by atoms with Crippen LogP contribution in [0.4, 0.5) is 0 Å². The molecule has 25 heavy (non-hydrogen) atoms. The number of hydrazone groups is 1. The lowest BCUT2D eigenvalue weighted by atomic mass is 10.0. The molecule has 0 aliphatic heterocycles. The zero-order chi connectivity index (χ0) is 17.5. The standard InChI is InChI=1S/C21H18N4/c22-14-17-8-4-9-18(12-17)19-10-5-11-20(13-19)21(23)25-24-15-16-6-2-1-3-7-16/h1-13,15,21,25H,23H2/b24-15+. The fourth-order valence-corrected chi connectivity index (χ4v) is 2.49. The normalized spacial score (nSPS) is 11.8. The van der Waals surface area contributed by atoms with Crippen LogP contribution in [0, 0.1) is 11.3 Å². The van der Waals surface area contributed by atoms with Crippen LogP contribution in [0.3, 0.4) is 0 Å². The Morgan fingerprint density at radius 2 is 1.64 bits per heavy atom. The first-order valence-corrected chi connectivity index (χ1v) is 7.96. The average Bonchev–Trinajstić information content (AvgIpc) is 2.69. The summed E-state index contributed by atoms with van der Waals surface area (Å²) >= 11 is 0. The number of nitriles is 1. The molecule has 0 radical (unpaired) electrons. The predicted molar refractivity (Wildman–Crippen MR) is 101 cm³/mol.